The van der Waals surface area contributed by atoms with Crippen molar-refractivity contribution < 1.29 is 13.8 Å². The van der Waals surface area contributed by atoms with Crippen molar-refractivity contribution in [2.24, 2.45) is 0 Å². The third-order valence-corrected chi connectivity index (χ3v) is 5.97. The van der Waals surface area contributed by atoms with Crippen LogP contribution < -0.4 is 5.76 Å². The van der Waals surface area contributed by atoms with Crippen LogP contribution in [-0.4, -0.2) is 28.5 Å². The molecule has 0 aliphatic heterocycles. The summed E-state index contributed by atoms with van der Waals surface area (Å²) >= 11 is 0. The molecule has 140 valence electrons. The normalized spacial score (nSPS) is 14.0. The first-order valence-electron chi connectivity index (χ1n) is 9.12. The lowest BCUT2D eigenvalue weighted by Crippen LogP contribution is -2.14. The van der Waals surface area contributed by atoms with Crippen LogP contribution in [0.15, 0.2) is 27.4 Å². The summed E-state index contributed by atoms with van der Waals surface area (Å²) in [6.45, 7) is 5.22. The Bertz CT molecular complexity index is 777. The first-order valence-corrected chi connectivity index (χ1v) is 11.2. The van der Waals surface area contributed by atoms with Crippen molar-refractivity contribution >= 4 is 24.7 Å². The van der Waals surface area contributed by atoms with Crippen LogP contribution in [0, 0.1) is 6.92 Å². The fourth-order valence-electron chi connectivity index (χ4n) is 2.84. The molecule has 6 heteroatoms. The second-order valence-corrected chi connectivity index (χ2v) is 9.06. The highest BCUT2D eigenvalue weighted by molar-refractivity contribution is 7.63. The lowest BCUT2D eigenvalue weighted by atomic mass is 10.2. The number of oxazole rings is 1. The number of rotatable bonds is 11. The average Bonchev–Trinajstić information content (AvgIpc) is 2.86. The Labute approximate surface area is 149 Å². The van der Waals surface area contributed by atoms with Gasteiger partial charge in [-0.15, -0.1) is 0 Å². The number of aryl methyl sites for hydroxylation is 2. The van der Waals surface area contributed by atoms with Crippen molar-refractivity contribution in [2.45, 2.75) is 58.9 Å². The molecule has 25 heavy (non-hydrogen) atoms. The maximum Gasteiger partial charge on any atom is 0.419 e. The van der Waals surface area contributed by atoms with E-state index in [0.717, 1.165) is 36.8 Å². The maximum absolute atomic E-state index is 12.0. The highest BCUT2D eigenvalue weighted by Crippen LogP contribution is 2.42. The minimum absolute atomic E-state index is 0.321. The van der Waals surface area contributed by atoms with Crippen LogP contribution in [0.2, 0.25) is 0 Å². The van der Waals surface area contributed by atoms with E-state index < -0.39 is 7.34 Å². The number of fused-ring (bicyclic) bond motifs is 1. The summed E-state index contributed by atoms with van der Waals surface area (Å²) < 4.78 is 12.5. The monoisotopic (exact) mass is 367 g/mol. The molecule has 1 unspecified atom stereocenters. The standard InChI is InChI=1S/C19H30NO4P/c1-4-5-6-9-14-25(3,22)23-13-8-7-12-20-17-15-16(2)10-11-18(17)24-19(20)21/h10-11,15,22H,3-9,12-14H2,1-2H3. The molecule has 1 aromatic heterocycles. The smallest absolute Gasteiger partial charge is 0.408 e. The summed E-state index contributed by atoms with van der Waals surface area (Å²) in [5, 5.41) is 0. The molecule has 0 radical (unpaired) electrons. The molecular weight excluding hydrogens is 337 g/mol. The van der Waals surface area contributed by atoms with Gasteiger partial charge in [-0.1, -0.05) is 38.6 Å². The zero-order valence-corrected chi connectivity index (χ0v) is 16.3. The zero-order valence-electron chi connectivity index (χ0n) is 15.4. The molecule has 2 rings (SSSR count). The number of nitrogens with zero attached hydrogens (tertiary/aromatic N) is 1. The molecule has 0 amide bonds. The molecule has 0 saturated carbocycles. The zero-order chi connectivity index (χ0) is 18.3. The molecule has 0 saturated heterocycles. The summed E-state index contributed by atoms with van der Waals surface area (Å²) in [6, 6.07) is 5.73. The third kappa shape index (κ3) is 6.18. The predicted molar refractivity (Wildman–Crippen MR) is 106 cm³/mol. The fourth-order valence-corrected chi connectivity index (χ4v) is 4.16. The molecule has 2 aromatic rings. The number of hydrogen-bond acceptors (Lipinski definition) is 4. The van der Waals surface area contributed by atoms with Gasteiger partial charge in [0, 0.05) is 12.7 Å². The van der Waals surface area contributed by atoms with E-state index >= 15 is 0 Å². The van der Waals surface area contributed by atoms with Gasteiger partial charge < -0.3 is 13.8 Å². The van der Waals surface area contributed by atoms with Crippen LogP contribution in [-0.2, 0) is 11.1 Å². The Balaban J connectivity index is 1.76. The predicted octanol–water partition coefficient (Wildman–Crippen LogP) is 4.55. The SMILES string of the molecule is C=P(O)(CCCCCC)OCCCCn1c(=O)oc2ccc(C)cc21. The minimum Gasteiger partial charge on any atom is -0.408 e. The van der Waals surface area contributed by atoms with Crippen molar-refractivity contribution in [1.82, 2.24) is 4.57 Å². The second kappa shape index (κ2) is 9.42. The lowest BCUT2D eigenvalue weighted by Gasteiger charge is -2.18. The molecule has 0 bridgehead atoms. The van der Waals surface area contributed by atoms with Crippen LogP contribution >= 0.6 is 7.34 Å². The van der Waals surface area contributed by atoms with Gasteiger partial charge in [-0.05, 0) is 43.9 Å². The number of unbranched alkanes of at least 4 members (excludes halogenated alkanes) is 4. The minimum atomic E-state index is -2.48. The van der Waals surface area contributed by atoms with Crippen LogP contribution in [0.1, 0.15) is 51.0 Å². The molecule has 1 heterocycles. The molecule has 1 aromatic carbocycles. The Morgan fingerprint density at radius 1 is 1.24 bits per heavy atom. The van der Waals surface area contributed by atoms with E-state index in [1.807, 2.05) is 25.1 Å². The van der Waals surface area contributed by atoms with Crippen LogP contribution in [0.25, 0.3) is 11.1 Å². The van der Waals surface area contributed by atoms with E-state index in [-0.39, 0.29) is 5.76 Å². The Hall–Kier alpha value is -1.29. The van der Waals surface area contributed by atoms with Crippen molar-refractivity contribution in [3.8, 4) is 0 Å². The molecule has 1 N–H and O–H groups in total. The largest absolute Gasteiger partial charge is 0.419 e. The highest BCUT2D eigenvalue weighted by Gasteiger charge is 2.11. The fraction of sp³-hybridized carbons (Fsp3) is 0.579. The van der Waals surface area contributed by atoms with Gasteiger partial charge >= 0.3 is 5.76 Å². The Morgan fingerprint density at radius 3 is 2.80 bits per heavy atom. The van der Waals surface area contributed by atoms with Gasteiger partial charge in [0.1, 0.15) is 7.34 Å². The Kier molecular flexibility index (Phi) is 7.55. The van der Waals surface area contributed by atoms with Gasteiger partial charge in [-0.2, -0.15) is 0 Å². The summed E-state index contributed by atoms with van der Waals surface area (Å²) in [5.74, 6) is -0.321. The van der Waals surface area contributed by atoms with Crippen molar-refractivity contribution in [3.63, 3.8) is 0 Å². The molecule has 5 nitrogen and oxygen atoms in total. The van der Waals surface area contributed by atoms with E-state index in [1.165, 1.54) is 12.8 Å². The van der Waals surface area contributed by atoms with Gasteiger partial charge in [0.15, 0.2) is 5.58 Å². The van der Waals surface area contributed by atoms with E-state index in [1.54, 1.807) is 4.57 Å². The molecule has 0 aliphatic carbocycles. The van der Waals surface area contributed by atoms with E-state index in [0.29, 0.717) is 24.9 Å². The molecule has 0 spiro atoms. The third-order valence-electron chi connectivity index (χ3n) is 4.29. The molecule has 0 fully saturated rings. The van der Waals surface area contributed by atoms with Crippen LogP contribution in [0.3, 0.4) is 0 Å². The summed E-state index contributed by atoms with van der Waals surface area (Å²) in [7, 11) is -2.48. The van der Waals surface area contributed by atoms with Crippen LogP contribution in [0.5, 0.6) is 0 Å². The second-order valence-electron chi connectivity index (χ2n) is 6.66. The molecule has 0 aliphatic rings. The molecular formula is C19H30NO4P. The van der Waals surface area contributed by atoms with Crippen molar-refractivity contribution in [1.29, 1.82) is 0 Å². The maximum atomic E-state index is 12.0. The summed E-state index contributed by atoms with van der Waals surface area (Å²) in [5.41, 5.74) is 2.56. The number of aromatic nitrogens is 1. The molecule has 1 atom stereocenters. The van der Waals surface area contributed by atoms with Crippen molar-refractivity contribution in [3.05, 3.63) is 34.3 Å². The van der Waals surface area contributed by atoms with Crippen LogP contribution in [0.4, 0.5) is 0 Å². The lowest BCUT2D eigenvalue weighted by molar-refractivity contribution is 0.292. The van der Waals surface area contributed by atoms with Gasteiger partial charge in [-0.3, -0.25) is 4.57 Å². The van der Waals surface area contributed by atoms with E-state index in [2.05, 4.69) is 13.2 Å². The van der Waals surface area contributed by atoms with Gasteiger partial charge in [0.2, 0.25) is 0 Å². The first kappa shape index (κ1) is 20.0. The quantitative estimate of drug-likeness (QED) is 0.467. The summed E-state index contributed by atoms with van der Waals surface area (Å²) in [4.78, 5) is 22.2. The van der Waals surface area contributed by atoms with E-state index in [4.69, 9.17) is 8.94 Å². The van der Waals surface area contributed by atoms with Gasteiger partial charge in [0.25, 0.3) is 0 Å². The first-order chi connectivity index (χ1) is 11.9. The van der Waals surface area contributed by atoms with E-state index in [9.17, 15) is 9.69 Å². The average molecular weight is 367 g/mol. The van der Waals surface area contributed by atoms with Crippen molar-refractivity contribution in [2.75, 3.05) is 12.8 Å². The Morgan fingerprint density at radius 2 is 2.04 bits per heavy atom. The number of benzene rings is 1. The number of hydrogen-bond donors (Lipinski definition) is 1. The highest BCUT2D eigenvalue weighted by atomic mass is 31.2. The van der Waals surface area contributed by atoms with Gasteiger partial charge in [0.05, 0.1) is 12.1 Å². The summed E-state index contributed by atoms with van der Waals surface area (Å²) in [6.07, 6.45) is 10.5. The van der Waals surface area contributed by atoms with Gasteiger partial charge in [-0.25, -0.2) is 4.79 Å². The topological polar surface area (TPSA) is 64.6 Å².